The number of carbonyl (C=O) groups excluding carboxylic acids is 1. The van der Waals surface area contributed by atoms with Crippen LogP contribution < -0.4 is 5.32 Å². The second-order valence-electron chi connectivity index (χ2n) is 5.28. The first-order chi connectivity index (χ1) is 11.5. The maximum atomic E-state index is 12.7. The van der Waals surface area contributed by atoms with E-state index in [2.05, 4.69) is 10.3 Å². The van der Waals surface area contributed by atoms with Crippen LogP contribution in [0, 0.1) is 6.92 Å². The zero-order valence-electron chi connectivity index (χ0n) is 13.1. The molecule has 9 heteroatoms. The number of hydrogen-bond acceptors (Lipinski definition) is 6. The van der Waals surface area contributed by atoms with Crippen molar-refractivity contribution in [3.05, 3.63) is 40.9 Å². The van der Waals surface area contributed by atoms with E-state index < -0.39 is 10.0 Å². The van der Waals surface area contributed by atoms with Crippen molar-refractivity contribution in [2.45, 2.75) is 11.8 Å². The predicted octanol–water partition coefficient (Wildman–Crippen LogP) is 1.72. The number of aromatic nitrogens is 1. The summed E-state index contributed by atoms with van der Waals surface area (Å²) >= 11 is 1.30. The Kier molecular flexibility index (Phi) is 4.95. The van der Waals surface area contributed by atoms with Gasteiger partial charge >= 0.3 is 0 Å². The van der Waals surface area contributed by atoms with Gasteiger partial charge in [-0.2, -0.15) is 4.31 Å². The highest BCUT2D eigenvalue weighted by atomic mass is 32.2. The molecule has 0 spiro atoms. The Hall–Kier alpha value is -1.81. The Bertz CT molecular complexity index is 828. The van der Waals surface area contributed by atoms with Crippen molar-refractivity contribution in [3.63, 3.8) is 0 Å². The van der Waals surface area contributed by atoms with Gasteiger partial charge in [-0.1, -0.05) is 6.07 Å². The van der Waals surface area contributed by atoms with Crippen LogP contribution in [0.15, 0.2) is 34.7 Å². The highest BCUT2D eigenvalue weighted by molar-refractivity contribution is 7.89. The average molecular weight is 367 g/mol. The van der Waals surface area contributed by atoms with Crippen LogP contribution >= 0.6 is 11.3 Å². The summed E-state index contributed by atoms with van der Waals surface area (Å²) in [7, 11) is -3.64. The summed E-state index contributed by atoms with van der Waals surface area (Å²) in [5.74, 6) is -0.374. The number of ether oxygens (including phenoxy) is 1. The fraction of sp³-hybridized carbons (Fsp3) is 0.333. The molecule has 0 radical (unpaired) electrons. The normalized spacial score (nSPS) is 16.0. The maximum Gasteiger partial charge on any atom is 0.257 e. The number of sulfonamides is 1. The van der Waals surface area contributed by atoms with Crippen LogP contribution in [0.4, 0.5) is 5.13 Å². The van der Waals surface area contributed by atoms with Crippen LogP contribution in [0.2, 0.25) is 0 Å². The molecule has 0 saturated carbocycles. The molecule has 1 fully saturated rings. The summed E-state index contributed by atoms with van der Waals surface area (Å²) in [5, 5.41) is 4.90. The number of morpholine rings is 1. The molecule has 128 valence electrons. The fourth-order valence-electron chi connectivity index (χ4n) is 2.39. The molecule has 0 atom stereocenters. The number of amides is 1. The third-order valence-corrected chi connectivity index (χ3v) is 6.30. The van der Waals surface area contributed by atoms with E-state index in [9.17, 15) is 13.2 Å². The Morgan fingerprint density at radius 3 is 2.75 bits per heavy atom. The first kappa shape index (κ1) is 17.0. The van der Waals surface area contributed by atoms with Gasteiger partial charge in [0.05, 0.1) is 18.1 Å². The van der Waals surface area contributed by atoms with Crippen molar-refractivity contribution in [1.82, 2.24) is 9.29 Å². The molecule has 0 aliphatic carbocycles. The highest BCUT2D eigenvalue weighted by Gasteiger charge is 2.27. The third kappa shape index (κ3) is 3.48. The van der Waals surface area contributed by atoms with E-state index >= 15 is 0 Å². The zero-order valence-corrected chi connectivity index (χ0v) is 14.7. The minimum absolute atomic E-state index is 0.110. The molecule has 1 saturated heterocycles. The van der Waals surface area contributed by atoms with E-state index in [-0.39, 0.29) is 10.8 Å². The summed E-state index contributed by atoms with van der Waals surface area (Å²) in [5.41, 5.74) is 1.02. The van der Waals surface area contributed by atoms with Crippen LogP contribution in [0.1, 0.15) is 15.9 Å². The van der Waals surface area contributed by atoms with Crippen molar-refractivity contribution in [1.29, 1.82) is 0 Å². The van der Waals surface area contributed by atoms with Crippen LogP contribution in [-0.4, -0.2) is 49.9 Å². The van der Waals surface area contributed by atoms with E-state index in [0.717, 1.165) is 0 Å². The quantitative estimate of drug-likeness (QED) is 0.889. The minimum atomic E-state index is -3.64. The minimum Gasteiger partial charge on any atom is -0.379 e. The Morgan fingerprint density at radius 1 is 1.33 bits per heavy atom. The van der Waals surface area contributed by atoms with Gasteiger partial charge in [0.15, 0.2) is 5.13 Å². The first-order valence-corrected chi connectivity index (χ1v) is 9.70. The maximum absolute atomic E-state index is 12.7. The third-order valence-electron chi connectivity index (χ3n) is 3.71. The average Bonchev–Trinajstić information content (AvgIpc) is 3.08. The molecule has 1 aliphatic rings. The molecular formula is C15H17N3O4S2. The molecule has 1 N–H and O–H groups in total. The molecule has 0 unspecified atom stereocenters. The van der Waals surface area contributed by atoms with E-state index in [4.69, 9.17) is 4.74 Å². The van der Waals surface area contributed by atoms with Gasteiger partial charge < -0.3 is 4.74 Å². The summed E-state index contributed by atoms with van der Waals surface area (Å²) in [6, 6.07) is 4.59. The summed E-state index contributed by atoms with van der Waals surface area (Å²) in [4.78, 5) is 16.5. The van der Waals surface area contributed by atoms with Crippen molar-refractivity contribution in [3.8, 4) is 0 Å². The van der Waals surface area contributed by atoms with E-state index in [0.29, 0.717) is 42.6 Å². The van der Waals surface area contributed by atoms with Gasteiger partial charge in [-0.25, -0.2) is 13.4 Å². The number of aryl methyl sites for hydroxylation is 1. The number of nitrogens with one attached hydrogen (secondary N) is 1. The van der Waals surface area contributed by atoms with Gasteiger partial charge in [0.2, 0.25) is 10.0 Å². The smallest absolute Gasteiger partial charge is 0.257 e. The number of anilines is 1. The van der Waals surface area contributed by atoms with E-state index in [1.165, 1.54) is 27.8 Å². The van der Waals surface area contributed by atoms with Crippen molar-refractivity contribution >= 4 is 32.4 Å². The van der Waals surface area contributed by atoms with Gasteiger partial charge in [-0.3, -0.25) is 10.1 Å². The van der Waals surface area contributed by atoms with Crippen LogP contribution in [0.3, 0.4) is 0 Å². The van der Waals surface area contributed by atoms with Crippen LogP contribution in [0.25, 0.3) is 0 Å². The van der Waals surface area contributed by atoms with Gasteiger partial charge in [-0.15, -0.1) is 11.3 Å². The number of rotatable bonds is 4. The molecule has 1 amide bonds. The summed E-state index contributed by atoms with van der Waals surface area (Å²) in [6.07, 6.45) is 1.59. The lowest BCUT2D eigenvalue weighted by Gasteiger charge is -2.26. The van der Waals surface area contributed by atoms with Crippen LogP contribution in [-0.2, 0) is 14.8 Å². The molecule has 7 nitrogen and oxygen atoms in total. The van der Waals surface area contributed by atoms with Crippen molar-refractivity contribution in [2.75, 3.05) is 31.6 Å². The summed E-state index contributed by atoms with van der Waals surface area (Å²) in [6.45, 7) is 3.15. The number of thiazole rings is 1. The van der Waals surface area contributed by atoms with Gasteiger partial charge in [0, 0.05) is 30.2 Å². The van der Waals surface area contributed by atoms with Crippen molar-refractivity contribution < 1.29 is 17.9 Å². The van der Waals surface area contributed by atoms with Gasteiger partial charge in [-0.05, 0) is 24.6 Å². The Labute approximate surface area is 144 Å². The zero-order chi connectivity index (χ0) is 17.2. The molecule has 24 heavy (non-hydrogen) atoms. The number of hydrogen-bond donors (Lipinski definition) is 1. The fourth-order valence-corrected chi connectivity index (χ4v) is 4.35. The molecule has 2 aromatic rings. The Morgan fingerprint density at radius 2 is 2.08 bits per heavy atom. The molecule has 0 bridgehead atoms. The molecule has 2 heterocycles. The highest BCUT2D eigenvalue weighted by Crippen LogP contribution is 2.22. The predicted molar refractivity (Wildman–Crippen MR) is 90.8 cm³/mol. The SMILES string of the molecule is Cc1ccc(S(=O)(=O)N2CCOCC2)cc1C(=O)Nc1nccs1. The van der Waals surface area contributed by atoms with E-state index in [1.807, 2.05) is 0 Å². The van der Waals surface area contributed by atoms with Crippen LogP contribution in [0.5, 0.6) is 0 Å². The molecule has 1 aromatic carbocycles. The first-order valence-electron chi connectivity index (χ1n) is 7.38. The number of nitrogens with zero attached hydrogens (tertiary/aromatic N) is 2. The van der Waals surface area contributed by atoms with Gasteiger partial charge in [0.25, 0.3) is 5.91 Å². The van der Waals surface area contributed by atoms with Gasteiger partial charge in [0.1, 0.15) is 0 Å². The monoisotopic (exact) mass is 367 g/mol. The molecular weight excluding hydrogens is 350 g/mol. The molecule has 1 aliphatic heterocycles. The van der Waals surface area contributed by atoms with E-state index in [1.54, 1.807) is 24.6 Å². The molecule has 1 aromatic heterocycles. The lowest BCUT2D eigenvalue weighted by Crippen LogP contribution is -2.40. The standard InChI is InChI=1S/C15H17N3O4S2/c1-11-2-3-12(24(20,21)18-5-7-22-8-6-18)10-13(11)14(19)17-15-16-4-9-23-15/h2-4,9-10H,5-8H2,1H3,(H,16,17,19). The molecule has 3 rings (SSSR count). The Balaban J connectivity index is 1.89. The number of carbonyl (C=O) groups is 1. The summed E-state index contributed by atoms with van der Waals surface area (Å²) < 4.78 is 32.0. The lowest BCUT2D eigenvalue weighted by molar-refractivity contribution is 0.0730. The second-order valence-corrected chi connectivity index (χ2v) is 8.12. The topological polar surface area (TPSA) is 88.6 Å². The number of benzene rings is 1. The lowest BCUT2D eigenvalue weighted by atomic mass is 10.1. The largest absolute Gasteiger partial charge is 0.379 e. The van der Waals surface area contributed by atoms with Crippen molar-refractivity contribution in [2.24, 2.45) is 0 Å². The second kappa shape index (κ2) is 6.98.